The maximum absolute atomic E-state index is 12.6. The van der Waals surface area contributed by atoms with E-state index in [1.807, 2.05) is 30.3 Å². The highest BCUT2D eigenvalue weighted by Crippen LogP contribution is 2.24. The number of esters is 1. The molecule has 3 rings (SSSR count). The van der Waals surface area contributed by atoms with E-state index in [0.717, 1.165) is 17.5 Å². The van der Waals surface area contributed by atoms with Crippen LogP contribution in [0.25, 0.3) is 11.0 Å². The molecule has 0 aliphatic carbocycles. The van der Waals surface area contributed by atoms with Crippen molar-refractivity contribution < 1.29 is 23.7 Å². The van der Waals surface area contributed by atoms with E-state index in [2.05, 4.69) is 5.32 Å². The predicted octanol–water partition coefficient (Wildman–Crippen LogP) is 4.01. The lowest BCUT2D eigenvalue weighted by molar-refractivity contribution is -0.384. The van der Waals surface area contributed by atoms with Gasteiger partial charge in [-0.25, -0.2) is 4.79 Å². The molecule has 1 aromatic heterocycles. The average Bonchev–Trinajstić information content (AvgIpc) is 3.12. The highest BCUT2D eigenvalue weighted by atomic mass is 16.6. The first-order valence-electron chi connectivity index (χ1n) is 8.65. The summed E-state index contributed by atoms with van der Waals surface area (Å²) in [6.07, 6.45) is 0. The number of nitrogens with zero attached hydrogens (tertiary/aromatic N) is 1. The van der Waals surface area contributed by atoms with Gasteiger partial charge in [-0.05, 0) is 32.0 Å². The largest absolute Gasteiger partial charge is 0.462 e. The smallest absolute Gasteiger partial charge is 0.338 e. The molecule has 0 saturated carbocycles. The summed E-state index contributed by atoms with van der Waals surface area (Å²) in [6, 6.07) is 12.2. The van der Waals surface area contributed by atoms with E-state index >= 15 is 0 Å². The lowest BCUT2D eigenvalue weighted by atomic mass is 10.1. The number of carbonyl (C=O) groups is 2. The summed E-state index contributed by atoms with van der Waals surface area (Å²) in [7, 11) is 0. The number of nitro groups is 1. The van der Waals surface area contributed by atoms with Gasteiger partial charge in [-0.3, -0.25) is 14.9 Å². The summed E-state index contributed by atoms with van der Waals surface area (Å²) in [5.74, 6) is -0.751. The molecule has 1 heterocycles. The fourth-order valence-electron chi connectivity index (χ4n) is 2.75. The van der Waals surface area contributed by atoms with Gasteiger partial charge in [0.1, 0.15) is 11.3 Å². The number of benzene rings is 2. The zero-order valence-corrected chi connectivity index (χ0v) is 15.3. The van der Waals surface area contributed by atoms with Gasteiger partial charge in [0, 0.05) is 23.1 Å². The van der Waals surface area contributed by atoms with Crippen molar-refractivity contribution in [2.75, 3.05) is 6.61 Å². The third-order valence-electron chi connectivity index (χ3n) is 4.12. The van der Waals surface area contributed by atoms with Crippen LogP contribution in [0, 0.1) is 10.1 Å². The van der Waals surface area contributed by atoms with Crippen molar-refractivity contribution in [1.29, 1.82) is 0 Å². The first-order valence-corrected chi connectivity index (χ1v) is 8.65. The number of nitrogens with one attached hydrogen (secondary N) is 1. The molecular formula is C20H18N2O6. The van der Waals surface area contributed by atoms with Crippen LogP contribution in [-0.4, -0.2) is 23.4 Å². The second-order valence-corrected chi connectivity index (χ2v) is 6.13. The highest BCUT2D eigenvalue weighted by Gasteiger charge is 2.21. The minimum absolute atomic E-state index is 0.0137. The maximum Gasteiger partial charge on any atom is 0.338 e. The lowest BCUT2D eigenvalue weighted by Gasteiger charge is -2.12. The summed E-state index contributed by atoms with van der Waals surface area (Å²) in [4.78, 5) is 35.1. The Morgan fingerprint density at radius 1 is 1.18 bits per heavy atom. The number of non-ortho nitro benzene ring substituents is 1. The molecule has 0 unspecified atom stereocenters. The van der Waals surface area contributed by atoms with Crippen molar-refractivity contribution in [2.45, 2.75) is 19.9 Å². The predicted molar refractivity (Wildman–Crippen MR) is 101 cm³/mol. The molecule has 0 aliphatic rings. The first kappa shape index (κ1) is 19.1. The van der Waals surface area contributed by atoms with Crippen LogP contribution < -0.4 is 5.32 Å². The Labute approximate surface area is 160 Å². The zero-order valence-electron chi connectivity index (χ0n) is 15.3. The fourth-order valence-corrected chi connectivity index (χ4v) is 2.75. The number of nitro benzene ring substituents is 1. The molecule has 3 aromatic rings. The molecule has 0 radical (unpaired) electrons. The Balaban J connectivity index is 1.86. The molecule has 0 fully saturated rings. The zero-order chi connectivity index (χ0) is 20.3. The summed E-state index contributed by atoms with van der Waals surface area (Å²) in [6.45, 7) is 3.48. The molecule has 1 atom stereocenters. The standard InChI is InChI=1S/C20H18N2O6/c1-3-27-20(24)15-8-14(9-16(10-15)22(25)26)19(23)21-12(2)18-11-13-6-4-5-7-17(13)28-18/h4-12H,3H2,1-2H3,(H,21,23)/t12-/m1/s1. The SMILES string of the molecule is CCOC(=O)c1cc(C(=O)N[C@H](C)c2cc3ccccc3o2)cc([N+](=O)[O-])c1. The third-order valence-corrected chi connectivity index (χ3v) is 4.12. The number of hydrogen-bond donors (Lipinski definition) is 1. The van der Waals surface area contributed by atoms with Crippen molar-refractivity contribution in [2.24, 2.45) is 0 Å². The molecule has 1 amide bonds. The molecule has 0 aliphatic heterocycles. The topological polar surface area (TPSA) is 112 Å². The van der Waals surface area contributed by atoms with E-state index in [0.29, 0.717) is 11.3 Å². The van der Waals surface area contributed by atoms with Gasteiger partial charge >= 0.3 is 5.97 Å². The molecule has 0 saturated heterocycles. The van der Waals surface area contributed by atoms with Crippen LogP contribution in [0.15, 0.2) is 52.9 Å². The number of rotatable bonds is 6. The van der Waals surface area contributed by atoms with E-state index < -0.39 is 22.8 Å². The Morgan fingerprint density at radius 2 is 1.89 bits per heavy atom. The number of ether oxygens (including phenoxy) is 1. The second kappa shape index (κ2) is 7.91. The monoisotopic (exact) mass is 382 g/mol. The summed E-state index contributed by atoms with van der Waals surface area (Å²) in [5.41, 5.74) is 0.253. The molecule has 2 aromatic carbocycles. The van der Waals surface area contributed by atoms with Crippen LogP contribution in [-0.2, 0) is 4.74 Å². The van der Waals surface area contributed by atoms with Gasteiger partial charge in [0.15, 0.2) is 0 Å². The number of furan rings is 1. The second-order valence-electron chi connectivity index (χ2n) is 6.13. The molecule has 144 valence electrons. The van der Waals surface area contributed by atoms with Crippen molar-refractivity contribution in [3.63, 3.8) is 0 Å². The average molecular weight is 382 g/mol. The number of hydrogen-bond acceptors (Lipinski definition) is 6. The Kier molecular flexibility index (Phi) is 5.39. The van der Waals surface area contributed by atoms with E-state index in [1.165, 1.54) is 6.07 Å². The minimum Gasteiger partial charge on any atom is -0.462 e. The van der Waals surface area contributed by atoms with E-state index in [4.69, 9.17) is 9.15 Å². The van der Waals surface area contributed by atoms with Gasteiger partial charge in [-0.1, -0.05) is 18.2 Å². The molecule has 28 heavy (non-hydrogen) atoms. The first-order chi connectivity index (χ1) is 13.4. The molecular weight excluding hydrogens is 364 g/mol. The highest BCUT2D eigenvalue weighted by molar-refractivity contribution is 5.99. The summed E-state index contributed by atoms with van der Waals surface area (Å²) >= 11 is 0. The van der Waals surface area contributed by atoms with Gasteiger partial charge in [-0.15, -0.1) is 0 Å². The summed E-state index contributed by atoms with van der Waals surface area (Å²) < 4.78 is 10.6. The van der Waals surface area contributed by atoms with Gasteiger partial charge in [0.25, 0.3) is 11.6 Å². The molecule has 8 heteroatoms. The lowest BCUT2D eigenvalue weighted by Crippen LogP contribution is -2.26. The van der Waals surface area contributed by atoms with Crippen LogP contribution in [0.3, 0.4) is 0 Å². The normalized spacial score (nSPS) is 11.8. The fraction of sp³-hybridized carbons (Fsp3) is 0.200. The Bertz CT molecular complexity index is 1020. The van der Waals surface area contributed by atoms with Crippen molar-refractivity contribution in [1.82, 2.24) is 5.32 Å². The van der Waals surface area contributed by atoms with E-state index in [-0.39, 0.29) is 23.4 Å². The van der Waals surface area contributed by atoms with Crippen molar-refractivity contribution in [3.8, 4) is 0 Å². The van der Waals surface area contributed by atoms with Crippen LogP contribution in [0.2, 0.25) is 0 Å². The van der Waals surface area contributed by atoms with Crippen LogP contribution in [0.1, 0.15) is 46.4 Å². The van der Waals surface area contributed by atoms with E-state index in [1.54, 1.807) is 13.8 Å². The van der Waals surface area contributed by atoms with Crippen LogP contribution >= 0.6 is 0 Å². The van der Waals surface area contributed by atoms with Gasteiger partial charge < -0.3 is 14.5 Å². The number of carbonyl (C=O) groups excluding carboxylic acids is 2. The quantitative estimate of drug-likeness (QED) is 0.392. The van der Waals surface area contributed by atoms with Crippen LogP contribution in [0.4, 0.5) is 5.69 Å². The Morgan fingerprint density at radius 3 is 2.57 bits per heavy atom. The van der Waals surface area contributed by atoms with Crippen LogP contribution in [0.5, 0.6) is 0 Å². The van der Waals surface area contributed by atoms with Gasteiger partial charge in [-0.2, -0.15) is 0 Å². The molecule has 1 N–H and O–H groups in total. The minimum atomic E-state index is -0.731. The number of para-hydroxylation sites is 1. The van der Waals surface area contributed by atoms with Gasteiger partial charge in [0.05, 0.1) is 23.1 Å². The Hall–Kier alpha value is -3.68. The van der Waals surface area contributed by atoms with E-state index in [9.17, 15) is 19.7 Å². The maximum atomic E-state index is 12.6. The number of fused-ring (bicyclic) bond motifs is 1. The molecule has 0 bridgehead atoms. The summed E-state index contributed by atoms with van der Waals surface area (Å²) in [5, 5.41) is 14.8. The molecule has 8 nitrogen and oxygen atoms in total. The van der Waals surface area contributed by atoms with Crippen molar-refractivity contribution in [3.05, 3.63) is 75.5 Å². The molecule has 0 spiro atoms. The van der Waals surface area contributed by atoms with Crippen molar-refractivity contribution >= 4 is 28.5 Å². The van der Waals surface area contributed by atoms with Gasteiger partial charge in [0.2, 0.25) is 0 Å². The number of amides is 1. The third kappa shape index (κ3) is 4.01.